The van der Waals surface area contributed by atoms with Gasteiger partial charge in [0.2, 0.25) is 0 Å². The zero-order valence-corrected chi connectivity index (χ0v) is 20.1. The van der Waals surface area contributed by atoms with E-state index in [-0.39, 0.29) is 17.0 Å². The van der Waals surface area contributed by atoms with Crippen molar-refractivity contribution in [2.75, 3.05) is 0 Å². The summed E-state index contributed by atoms with van der Waals surface area (Å²) >= 11 is 1.42. The van der Waals surface area contributed by atoms with E-state index >= 15 is 0 Å². The molecule has 2 amide bonds. The normalized spacial score (nSPS) is 11.2. The molecule has 0 radical (unpaired) electrons. The van der Waals surface area contributed by atoms with Crippen molar-refractivity contribution < 1.29 is 23.5 Å². The molecule has 0 saturated carbocycles. The Hall–Kier alpha value is -4.89. The number of esters is 1. The van der Waals surface area contributed by atoms with Gasteiger partial charge in [0.25, 0.3) is 11.8 Å². The number of ether oxygens (including phenoxy) is 1. The number of carbonyl (C=O) groups is 3. The molecular formula is C28H20FN3O4S. The Kier molecular flexibility index (Phi) is 8.30. The number of rotatable bonds is 8. The van der Waals surface area contributed by atoms with Gasteiger partial charge < -0.3 is 10.1 Å². The molecule has 0 fully saturated rings. The van der Waals surface area contributed by atoms with Crippen LogP contribution in [-0.2, 0) is 4.79 Å². The van der Waals surface area contributed by atoms with Crippen molar-refractivity contribution in [3.05, 3.63) is 129 Å². The van der Waals surface area contributed by atoms with E-state index in [9.17, 15) is 18.8 Å². The van der Waals surface area contributed by atoms with Crippen LogP contribution in [0.5, 0.6) is 5.75 Å². The minimum Gasteiger partial charge on any atom is -0.423 e. The zero-order chi connectivity index (χ0) is 26.0. The van der Waals surface area contributed by atoms with E-state index in [1.807, 2.05) is 17.5 Å². The summed E-state index contributed by atoms with van der Waals surface area (Å²) in [5.41, 5.74) is 3.56. The lowest BCUT2D eigenvalue weighted by Gasteiger charge is -2.08. The van der Waals surface area contributed by atoms with Gasteiger partial charge in [-0.2, -0.15) is 5.10 Å². The van der Waals surface area contributed by atoms with Gasteiger partial charge in [0.15, 0.2) is 0 Å². The molecule has 37 heavy (non-hydrogen) atoms. The fourth-order valence-corrected chi connectivity index (χ4v) is 3.74. The Morgan fingerprint density at radius 3 is 2.32 bits per heavy atom. The van der Waals surface area contributed by atoms with Crippen molar-refractivity contribution in [2.45, 2.75) is 0 Å². The van der Waals surface area contributed by atoms with E-state index in [2.05, 4.69) is 15.8 Å². The first-order chi connectivity index (χ1) is 18.0. The summed E-state index contributed by atoms with van der Waals surface area (Å²) in [6.45, 7) is 0. The van der Waals surface area contributed by atoms with E-state index in [0.29, 0.717) is 11.1 Å². The Balaban J connectivity index is 1.38. The molecule has 0 aliphatic carbocycles. The number of nitrogens with zero attached hydrogens (tertiary/aromatic N) is 1. The minimum absolute atomic E-state index is 0.0352. The predicted octanol–water partition coefficient (Wildman–Crippen LogP) is 5.03. The van der Waals surface area contributed by atoms with E-state index < -0.39 is 23.6 Å². The van der Waals surface area contributed by atoms with E-state index in [0.717, 1.165) is 10.9 Å². The number of carbonyl (C=O) groups excluding carboxylic acids is 3. The number of benzene rings is 3. The monoisotopic (exact) mass is 513 g/mol. The van der Waals surface area contributed by atoms with Gasteiger partial charge in [-0.25, -0.2) is 14.6 Å². The third-order valence-corrected chi connectivity index (χ3v) is 5.71. The summed E-state index contributed by atoms with van der Waals surface area (Å²) < 4.78 is 18.5. The number of hydrazone groups is 1. The molecule has 4 rings (SSSR count). The average molecular weight is 514 g/mol. The first kappa shape index (κ1) is 25.2. The van der Waals surface area contributed by atoms with Crippen LogP contribution >= 0.6 is 11.3 Å². The third-order valence-electron chi connectivity index (χ3n) is 4.89. The van der Waals surface area contributed by atoms with Crippen LogP contribution in [0.25, 0.3) is 6.08 Å². The largest absolute Gasteiger partial charge is 0.423 e. The zero-order valence-electron chi connectivity index (χ0n) is 19.3. The van der Waals surface area contributed by atoms with Crippen LogP contribution in [-0.4, -0.2) is 24.0 Å². The van der Waals surface area contributed by atoms with Crippen molar-refractivity contribution >= 4 is 41.4 Å². The van der Waals surface area contributed by atoms with Crippen LogP contribution in [0.15, 0.2) is 107 Å². The Morgan fingerprint density at radius 1 is 0.865 bits per heavy atom. The second-order valence-corrected chi connectivity index (χ2v) is 8.54. The molecule has 0 bridgehead atoms. The maximum atomic E-state index is 13.3. The van der Waals surface area contributed by atoms with Gasteiger partial charge in [-0.15, -0.1) is 11.3 Å². The lowest BCUT2D eigenvalue weighted by molar-refractivity contribution is -0.117. The molecule has 0 atom stereocenters. The maximum Gasteiger partial charge on any atom is 0.343 e. The lowest BCUT2D eigenvalue weighted by atomic mass is 10.2. The van der Waals surface area contributed by atoms with Gasteiger partial charge in [0, 0.05) is 10.4 Å². The smallest absolute Gasteiger partial charge is 0.343 e. The predicted molar refractivity (Wildman–Crippen MR) is 140 cm³/mol. The Bertz CT molecular complexity index is 1450. The standard InChI is InChI=1S/C28H20FN3O4S/c29-22-9-4-8-21(16-22)28(35)36-23-13-11-19(12-14-23)18-30-32-27(34)25(17-24-10-5-15-37-24)31-26(33)20-6-2-1-3-7-20/h1-18H,(H,31,33)(H,32,34)/b25-17+,30-18-. The summed E-state index contributed by atoms with van der Waals surface area (Å²) in [5, 5.41) is 8.45. The number of nitrogens with one attached hydrogen (secondary N) is 2. The van der Waals surface area contributed by atoms with Gasteiger partial charge in [0.05, 0.1) is 11.8 Å². The van der Waals surface area contributed by atoms with E-state index in [4.69, 9.17) is 4.74 Å². The molecule has 2 N–H and O–H groups in total. The molecule has 4 aromatic rings. The van der Waals surface area contributed by atoms with Crippen molar-refractivity contribution in [3.8, 4) is 5.75 Å². The molecule has 0 unspecified atom stereocenters. The summed E-state index contributed by atoms with van der Waals surface area (Å²) in [7, 11) is 0. The molecule has 1 aromatic heterocycles. The highest BCUT2D eigenvalue weighted by atomic mass is 32.1. The molecule has 9 heteroatoms. The minimum atomic E-state index is -0.684. The van der Waals surface area contributed by atoms with Gasteiger partial charge in [-0.1, -0.05) is 30.3 Å². The fourth-order valence-electron chi connectivity index (χ4n) is 3.09. The van der Waals surface area contributed by atoms with Gasteiger partial charge >= 0.3 is 5.97 Å². The molecule has 0 aliphatic heterocycles. The van der Waals surface area contributed by atoms with E-state index in [1.165, 1.54) is 35.8 Å². The topological polar surface area (TPSA) is 96.9 Å². The highest BCUT2D eigenvalue weighted by molar-refractivity contribution is 7.10. The first-order valence-corrected chi connectivity index (χ1v) is 11.9. The van der Waals surface area contributed by atoms with Gasteiger partial charge in [-0.05, 0) is 77.7 Å². The van der Waals surface area contributed by atoms with Crippen LogP contribution in [0, 0.1) is 5.82 Å². The number of halogens is 1. The summed E-state index contributed by atoms with van der Waals surface area (Å²) in [5.74, 6) is -1.98. The second-order valence-electron chi connectivity index (χ2n) is 7.56. The molecule has 3 aromatic carbocycles. The Morgan fingerprint density at radius 2 is 1.62 bits per heavy atom. The molecule has 7 nitrogen and oxygen atoms in total. The summed E-state index contributed by atoms with van der Waals surface area (Å²) in [6.07, 6.45) is 2.97. The quantitative estimate of drug-likeness (QED) is 0.114. The van der Waals surface area contributed by atoms with E-state index in [1.54, 1.807) is 60.7 Å². The van der Waals surface area contributed by atoms with Crippen LogP contribution in [0.2, 0.25) is 0 Å². The number of thiophene rings is 1. The molecule has 184 valence electrons. The SMILES string of the molecule is O=C(N/N=C\c1ccc(OC(=O)c2cccc(F)c2)cc1)/C(=C\c1cccs1)NC(=O)c1ccccc1. The summed E-state index contributed by atoms with van der Waals surface area (Å²) in [6, 6.07) is 23.8. The van der Waals surface area contributed by atoms with Crippen molar-refractivity contribution in [3.63, 3.8) is 0 Å². The van der Waals surface area contributed by atoms with Crippen molar-refractivity contribution in [2.24, 2.45) is 5.10 Å². The number of hydrogen-bond donors (Lipinski definition) is 2. The number of hydrogen-bond acceptors (Lipinski definition) is 6. The fraction of sp³-hybridized carbons (Fsp3) is 0. The molecule has 0 aliphatic rings. The average Bonchev–Trinajstić information content (AvgIpc) is 3.43. The lowest BCUT2D eigenvalue weighted by Crippen LogP contribution is -2.32. The molecule has 0 spiro atoms. The molecular weight excluding hydrogens is 493 g/mol. The van der Waals surface area contributed by atoms with Crippen LogP contribution < -0.4 is 15.5 Å². The van der Waals surface area contributed by atoms with Crippen LogP contribution in [0.4, 0.5) is 4.39 Å². The summed E-state index contributed by atoms with van der Waals surface area (Å²) in [4.78, 5) is 38.3. The molecule has 0 saturated heterocycles. The highest BCUT2D eigenvalue weighted by Gasteiger charge is 2.14. The van der Waals surface area contributed by atoms with Crippen LogP contribution in [0.1, 0.15) is 31.2 Å². The first-order valence-electron chi connectivity index (χ1n) is 11.0. The van der Waals surface area contributed by atoms with Gasteiger partial charge in [0.1, 0.15) is 17.3 Å². The van der Waals surface area contributed by atoms with Gasteiger partial charge in [-0.3, -0.25) is 9.59 Å². The third kappa shape index (κ3) is 7.30. The molecule has 1 heterocycles. The highest BCUT2D eigenvalue weighted by Crippen LogP contribution is 2.15. The van der Waals surface area contributed by atoms with Crippen LogP contribution in [0.3, 0.4) is 0 Å². The Labute approximate surface area is 215 Å². The number of amides is 2. The maximum absolute atomic E-state index is 13.3. The second kappa shape index (κ2) is 12.2. The van der Waals surface area contributed by atoms with Crippen molar-refractivity contribution in [1.29, 1.82) is 0 Å². The van der Waals surface area contributed by atoms with Crippen molar-refractivity contribution in [1.82, 2.24) is 10.7 Å².